The molecular formula is C18H11NO4. The fourth-order valence-electron chi connectivity index (χ4n) is 2.99. The van der Waals surface area contributed by atoms with Crippen molar-refractivity contribution in [3.8, 4) is 0 Å². The van der Waals surface area contributed by atoms with Crippen molar-refractivity contribution >= 4 is 28.4 Å². The van der Waals surface area contributed by atoms with Crippen molar-refractivity contribution in [2.24, 2.45) is 0 Å². The van der Waals surface area contributed by atoms with Gasteiger partial charge in [-0.1, -0.05) is 24.3 Å². The molecule has 0 aliphatic heterocycles. The fraction of sp³-hybridized carbons (Fsp3) is 0.0556. The molecule has 1 N–H and O–H groups in total. The summed E-state index contributed by atoms with van der Waals surface area (Å²) < 4.78 is 4.71. The molecule has 0 amide bonds. The van der Waals surface area contributed by atoms with Gasteiger partial charge in [0, 0.05) is 22.0 Å². The minimum Gasteiger partial charge on any atom is -0.465 e. The Kier molecular flexibility index (Phi) is 2.72. The molecule has 23 heavy (non-hydrogen) atoms. The monoisotopic (exact) mass is 305 g/mol. The molecule has 0 bridgehead atoms. The number of aromatic amines is 1. The van der Waals surface area contributed by atoms with Crippen LogP contribution in [0.25, 0.3) is 10.9 Å². The van der Waals surface area contributed by atoms with Crippen LogP contribution in [0, 0.1) is 0 Å². The van der Waals surface area contributed by atoms with Crippen LogP contribution >= 0.6 is 0 Å². The predicted molar refractivity (Wildman–Crippen MR) is 82.9 cm³/mol. The smallest absolute Gasteiger partial charge is 0.337 e. The first-order chi connectivity index (χ1) is 11.1. The predicted octanol–water partition coefficient (Wildman–Crippen LogP) is 2.73. The highest BCUT2D eigenvalue weighted by Crippen LogP contribution is 2.33. The van der Waals surface area contributed by atoms with Gasteiger partial charge in [0.2, 0.25) is 5.78 Å². The average Bonchev–Trinajstić information content (AvgIpc) is 2.98. The Hall–Kier alpha value is -3.21. The second-order valence-electron chi connectivity index (χ2n) is 5.33. The van der Waals surface area contributed by atoms with Gasteiger partial charge in [-0.25, -0.2) is 4.79 Å². The van der Waals surface area contributed by atoms with Gasteiger partial charge in [-0.2, -0.15) is 0 Å². The Labute approximate surface area is 130 Å². The number of carbonyl (C=O) groups is 3. The van der Waals surface area contributed by atoms with Crippen LogP contribution in [0.1, 0.15) is 42.3 Å². The number of hydrogen-bond acceptors (Lipinski definition) is 4. The molecule has 0 atom stereocenters. The molecule has 0 fully saturated rings. The number of aromatic nitrogens is 1. The zero-order valence-corrected chi connectivity index (χ0v) is 12.2. The van der Waals surface area contributed by atoms with E-state index in [9.17, 15) is 14.4 Å². The van der Waals surface area contributed by atoms with Gasteiger partial charge in [0.15, 0.2) is 5.78 Å². The summed E-state index contributed by atoms with van der Waals surface area (Å²) in [6.07, 6.45) is 0. The van der Waals surface area contributed by atoms with Gasteiger partial charge in [0.05, 0.1) is 23.9 Å². The molecule has 3 aromatic rings. The molecule has 112 valence electrons. The van der Waals surface area contributed by atoms with Gasteiger partial charge in [-0.3, -0.25) is 9.59 Å². The van der Waals surface area contributed by atoms with Gasteiger partial charge in [-0.05, 0) is 18.2 Å². The van der Waals surface area contributed by atoms with Crippen molar-refractivity contribution in [1.82, 2.24) is 4.98 Å². The topological polar surface area (TPSA) is 76.2 Å². The molecule has 1 aliphatic carbocycles. The van der Waals surface area contributed by atoms with E-state index in [1.54, 1.807) is 42.5 Å². The first-order valence-corrected chi connectivity index (χ1v) is 7.04. The standard InChI is InChI=1S/C18H11NO4/c1-23-18(22)9-6-7-13-12(8-9)14-15(19-13)17(21)11-5-3-2-4-10(11)16(14)20/h2-8,19H,1H3. The molecular weight excluding hydrogens is 294 g/mol. The van der Waals surface area contributed by atoms with E-state index in [0.717, 1.165) is 0 Å². The maximum absolute atomic E-state index is 12.8. The van der Waals surface area contributed by atoms with Crippen LogP contribution in [0.15, 0.2) is 42.5 Å². The lowest BCUT2D eigenvalue weighted by Gasteiger charge is -2.13. The second-order valence-corrected chi connectivity index (χ2v) is 5.33. The second kappa shape index (κ2) is 4.64. The van der Waals surface area contributed by atoms with Crippen LogP contribution in [0.5, 0.6) is 0 Å². The van der Waals surface area contributed by atoms with Crippen LogP contribution < -0.4 is 0 Å². The van der Waals surface area contributed by atoms with Crippen LogP contribution in [-0.4, -0.2) is 29.6 Å². The number of benzene rings is 2. The van der Waals surface area contributed by atoms with Gasteiger partial charge in [-0.15, -0.1) is 0 Å². The van der Waals surface area contributed by atoms with E-state index >= 15 is 0 Å². The molecule has 1 aromatic heterocycles. The third-order valence-corrected chi connectivity index (χ3v) is 4.09. The normalized spacial score (nSPS) is 12.9. The quantitative estimate of drug-likeness (QED) is 0.549. The molecule has 0 saturated heterocycles. The molecule has 2 aromatic carbocycles. The van der Waals surface area contributed by atoms with Crippen molar-refractivity contribution in [2.45, 2.75) is 0 Å². The number of ketones is 2. The van der Waals surface area contributed by atoms with Crippen molar-refractivity contribution in [3.05, 3.63) is 70.4 Å². The average molecular weight is 305 g/mol. The Morgan fingerprint density at radius 1 is 1.00 bits per heavy atom. The van der Waals surface area contributed by atoms with E-state index in [2.05, 4.69) is 4.98 Å². The number of H-pyrrole nitrogens is 1. The van der Waals surface area contributed by atoms with Gasteiger partial charge >= 0.3 is 5.97 Å². The van der Waals surface area contributed by atoms with E-state index < -0.39 is 5.97 Å². The molecule has 5 nitrogen and oxygen atoms in total. The molecule has 0 unspecified atom stereocenters. The molecule has 5 heteroatoms. The maximum atomic E-state index is 12.8. The number of carbonyl (C=O) groups excluding carboxylic acids is 3. The summed E-state index contributed by atoms with van der Waals surface area (Å²) in [6.45, 7) is 0. The lowest BCUT2D eigenvalue weighted by Crippen LogP contribution is -2.20. The molecule has 1 heterocycles. The number of esters is 1. The SMILES string of the molecule is COC(=O)c1ccc2[nH]c3c(c2c1)C(=O)c1ccccc1C3=O. The Balaban J connectivity index is 2.02. The van der Waals surface area contributed by atoms with Crippen LogP contribution in [0.3, 0.4) is 0 Å². The highest BCUT2D eigenvalue weighted by Gasteiger charge is 2.33. The summed E-state index contributed by atoms with van der Waals surface area (Å²) in [4.78, 5) is 40.1. The fourth-order valence-corrected chi connectivity index (χ4v) is 2.99. The first-order valence-electron chi connectivity index (χ1n) is 7.04. The molecule has 1 aliphatic rings. The van der Waals surface area contributed by atoms with Crippen LogP contribution in [0.2, 0.25) is 0 Å². The third-order valence-electron chi connectivity index (χ3n) is 4.09. The zero-order valence-electron chi connectivity index (χ0n) is 12.2. The van der Waals surface area contributed by atoms with Gasteiger partial charge in [0.25, 0.3) is 0 Å². The number of methoxy groups -OCH3 is 1. The van der Waals surface area contributed by atoms with Crippen molar-refractivity contribution in [2.75, 3.05) is 7.11 Å². The summed E-state index contributed by atoms with van der Waals surface area (Å²) >= 11 is 0. The van der Waals surface area contributed by atoms with Crippen molar-refractivity contribution < 1.29 is 19.1 Å². The van der Waals surface area contributed by atoms with Crippen LogP contribution in [-0.2, 0) is 4.74 Å². The minimum atomic E-state index is -0.489. The summed E-state index contributed by atoms with van der Waals surface area (Å²) in [5.41, 5.74) is 2.33. The maximum Gasteiger partial charge on any atom is 0.337 e. The van der Waals surface area contributed by atoms with Gasteiger partial charge in [0.1, 0.15) is 0 Å². The van der Waals surface area contributed by atoms with E-state index in [1.165, 1.54) is 7.11 Å². The lowest BCUT2D eigenvalue weighted by atomic mass is 9.87. The summed E-state index contributed by atoms with van der Waals surface area (Å²) in [5.74, 6) is -0.925. The molecule has 0 saturated carbocycles. The zero-order chi connectivity index (χ0) is 16.1. The Morgan fingerprint density at radius 2 is 1.70 bits per heavy atom. The van der Waals surface area contributed by atoms with Gasteiger partial charge < -0.3 is 9.72 Å². The summed E-state index contributed by atoms with van der Waals surface area (Å²) in [5, 5.41) is 0.552. The minimum absolute atomic E-state index is 0.217. The van der Waals surface area contributed by atoms with E-state index in [1.807, 2.05) is 0 Å². The molecule has 4 rings (SSSR count). The Bertz CT molecular complexity index is 1010. The number of nitrogens with one attached hydrogen (secondary N) is 1. The number of fused-ring (bicyclic) bond motifs is 4. The van der Waals surface area contributed by atoms with Crippen molar-refractivity contribution in [1.29, 1.82) is 0 Å². The third kappa shape index (κ3) is 1.76. The number of hydrogen-bond donors (Lipinski definition) is 1. The first kappa shape index (κ1) is 13.5. The van der Waals surface area contributed by atoms with E-state index in [0.29, 0.717) is 33.2 Å². The van der Waals surface area contributed by atoms with Crippen molar-refractivity contribution in [3.63, 3.8) is 0 Å². The molecule has 0 radical (unpaired) electrons. The van der Waals surface area contributed by atoms with E-state index in [4.69, 9.17) is 4.74 Å². The Morgan fingerprint density at radius 3 is 2.39 bits per heavy atom. The lowest BCUT2D eigenvalue weighted by molar-refractivity contribution is 0.0600. The van der Waals surface area contributed by atoms with Crippen LogP contribution in [0.4, 0.5) is 0 Å². The number of ether oxygens (including phenoxy) is 1. The highest BCUT2D eigenvalue weighted by molar-refractivity contribution is 6.32. The molecule has 0 spiro atoms. The summed E-state index contributed by atoms with van der Waals surface area (Å²) in [6, 6.07) is 11.6. The highest BCUT2D eigenvalue weighted by atomic mass is 16.5. The summed E-state index contributed by atoms with van der Waals surface area (Å²) in [7, 11) is 1.30. The van der Waals surface area contributed by atoms with E-state index in [-0.39, 0.29) is 17.3 Å². The largest absolute Gasteiger partial charge is 0.465 e. The number of rotatable bonds is 1.